The van der Waals surface area contributed by atoms with Gasteiger partial charge in [0.15, 0.2) is 0 Å². The van der Waals surface area contributed by atoms with Crippen LogP contribution in [0.5, 0.6) is 0 Å². The zero-order valence-electron chi connectivity index (χ0n) is 10.9. The monoisotopic (exact) mass is 228 g/mol. The number of aliphatic imine (C=N–C) groups is 1. The number of hydrogen-bond donors (Lipinski definition) is 1. The van der Waals surface area contributed by atoms with Crippen LogP contribution in [0.1, 0.15) is 37.3 Å². The molecule has 2 heteroatoms. The minimum Gasteiger partial charge on any atom is -0.344 e. The molecule has 0 aromatic heterocycles. The van der Waals surface area contributed by atoms with Crippen molar-refractivity contribution in [3.05, 3.63) is 35.4 Å². The molecule has 0 fully saturated rings. The first-order chi connectivity index (χ1) is 8.22. The normalized spacial score (nSPS) is 15.9. The second kappa shape index (κ2) is 5.17. The number of nitrogens with zero attached hydrogens (tertiary/aromatic N) is 1. The maximum Gasteiger partial charge on any atom is 0.0972 e. The first-order valence-electron chi connectivity index (χ1n) is 6.22. The molecule has 0 saturated carbocycles. The van der Waals surface area contributed by atoms with Gasteiger partial charge in [0.1, 0.15) is 0 Å². The number of allylic oxidation sites excluding steroid dienone is 2. The van der Waals surface area contributed by atoms with Crippen LogP contribution in [0, 0.1) is 6.92 Å². The van der Waals surface area contributed by atoms with E-state index in [1.165, 1.54) is 41.6 Å². The van der Waals surface area contributed by atoms with Gasteiger partial charge in [-0.3, -0.25) is 4.99 Å². The van der Waals surface area contributed by atoms with Gasteiger partial charge in [-0.2, -0.15) is 0 Å². The topological polar surface area (TPSA) is 24.4 Å². The number of hydrogen-bond acceptors (Lipinski definition) is 1. The number of anilines is 1. The average Bonchev–Trinajstić information content (AvgIpc) is 2.85. The van der Waals surface area contributed by atoms with E-state index >= 15 is 0 Å². The van der Waals surface area contributed by atoms with Crippen LogP contribution < -0.4 is 5.32 Å². The van der Waals surface area contributed by atoms with Crippen LogP contribution in [0.2, 0.25) is 0 Å². The summed E-state index contributed by atoms with van der Waals surface area (Å²) in [6.45, 7) is 4.14. The molecule has 2 rings (SSSR count). The Balaban J connectivity index is 2.41. The molecule has 0 atom stereocenters. The molecular weight excluding hydrogens is 208 g/mol. The molecule has 1 aliphatic rings. The third-order valence-corrected chi connectivity index (χ3v) is 3.30. The van der Waals surface area contributed by atoms with Gasteiger partial charge in [-0.1, -0.05) is 24.3 Å². The van der Waals surface area contributed by atoms with Crippen LogP contribution in [-0.2, 0) is 0 Å². The molecule has 1 aliphatic carbocycles. The van der Waals surface area contributed by atoms with Crippen molar-refractivity contribution in [1.29, 1.82) is 0 Å². The number of para-hydroxylation sites is 1. The Morgan fingerprint density at radius 1 is 1.35 bits per heavy atom. The van der Waals surface area contributed by atoms with E-state index in [2.05, 4.69) is 41.5 Å². The summed E-state index contributed by atoms with van der Waals surface area (Å²) >= 11 is 0. The fraction of sp³-hybridized carbons (Fsp3) is 0.400. The molecule has 0 bridgehead atoms. The lowest BCUT2D eigenvalue weighted by Crippen LogP contribution is -2.10. The van der Waals surface area contributed by atoms with Crippen LogP contribution in [0.15, 0.2) is 29.3 Å². The Morgan fingerprint density at radius 3 is 2.82 bits per heavy atom. The molecule has 0 saturated heterocycles. The van der Waals surface area contributed by atoms with E-state index in [1.54, 1.807) is 0 Å². The predicted octanol–water partition coefficient (Wildman–Crippen LogP) is 4.02. The molecule has 0 unspecified atom stereocenters. The lowest BCUT2D eigenvalue weighted by Gasteiger charge is -2.15. The van der Waals surface area contributed by atoms with Gasteiger partial charge in [-0.25, -0.2) is 0 Å². The second-order valence-electron chi connectivity index (χ2n) is 4.55. The molecule has 0 heterocycles. The highest BCUT2D eigenvalue weighted by Crippen LogP contribution is 2.34. The van der Waals surface area contributed by atoms with Crippen LogP contribution in [0.4, 0.5) is 5.69 Å². The van der Waals surface area contributed by atoms with Crippen molar-refractivity contribution in [1.82, 2.24) is 0 Å². The van der Waals surface area contributed by atoms with Crippen molar-refractivity contribution >= 4 is 17.1 Å². The van der Waals surface area contributed by atoms with Gasteiger partial charge >= 0.3 is 0 Å². The van der Waals surface area contributed by atoms with Gasteiger partial charge < -0.3 is 5.32 Å². The third-order valence-electron chi connectivity index (χ3n) is 3.30. The summed E-state index contributed by atoms with van der Waals surface area (Å²) in [6, 6.07) is 6.48. The SMILES string of the molecule is CN=C(C)Nc1c(C)cccc1C1=CCCC1. The first kappa shape index (κ1) is 11.9. The lowest BCUT2D eigenvalue weighted by molar-refractivity contribution is 0.935. The molecule has 0 radical (unpaired) electrons. The van der Waals surface area contributed by atoms with E-state index in [0.717, 1.165) is 5.84 Å². The number of amidine groups is 1. The summed E-state index contributed by atoms with van der Waals surface area (Å²) < 4.78 is 0. The number of rotatable bonds is 2. The predicted molar refractivity (Wildman–Crippen MR) is 75.7 cm³/mol. The zero-order chi connectivity index (χ0) is 12.3. The molecule has 0 spiro atoms. The number of aryl methyl sites for hydroxylation is 1. The molecule has 2 nitrogen and oxygen atoms in total. The molecular formula is C15H20N2. The van der Waals surface area contributed by atoms with Crippen molar-refractivity contribution in [3.63, 3.8) is 0 Å². The highest BCUT2D eigenvalue weighted by molar-refractivity contribution is 5.97. The Kier molecular flexibility index (Phi) is 3.62. The fourth-order valence-electron chi connectivity index (χ4n) is 2.25. The number of nitrogens with one attached hydrogen (secondary N) is 1. The summed E-state index contributed by atoms with van der Waals surface area (Å²) in [6.07, 6.45) is 6.05. The maximum atomic E-state index is 4.18. The van der Waals surface area contributed by atoms with E-state index in [9.17, 15) is 0 Å². The third kappa shape index (κ3) is 2.57. The Hall–Kier alpha value is -1.57. The van der Waals surface area contributed by atoms with E-state index in [4.69, 9.17) is 0 Å². The standard InChI is InChI=1S/C15H20N2/c1-11-7-6-10-14(13-8-4-5-9-13)15(11)17-12(2)16-3/h6-8,10H,4-5,9H2,1-3H3,(H,16,17). The smallest absolute Gasteiger partial charge is 0.0972 e. The van der Waals surface area contributed by atoms with E-state index < -0.39 is 0 Å². The summed E-state index contributed by atoms with van der Waals surface area (Å²) in [5.41, 5.74) is 5.30. The van der Waals surface area contributed by atoms with Crippen molar-refractivity contribution in [3.8, 4) is 0 Å². The quantitative estimate of drug-likeness (QED) is 0.600. The van der Waals surface area contributed by atoms with E-state index in [1.807, 2.05) is 14.0 Å². The van der Waals surface area contributed by atoms with Crippen LogP contribution >= 0.6 is 0 Å². The second-order valence-corrected chi connectivity index (χ2v) is 4.55. The van der Waals surface area contributed by atoms with E-state index in [0.29, 0.717) is 0 Å². The van der Waals surface area contributed by atoms with Gasteiger partial charge in [0.05, 0.1) is 5.84 Å². The molecule has 1 N–H and O–H groups in total. The highest BCUT2D eigenvalue weighted by Gasteiger charge is 2.13. The molecule has 1 aromatic rings. The number of benzene rings is 1. The lowest BCUT2D eigenvalue weighted by atomic mass is 10.00. The summed E-state index contributed by atoms with van der Waals surface area (Å²) in [5.74, 6) is 0.958. The van der Waals surface area contributed by atoms with Gasteiger partial charge in [-0.15, -0.1) is 0 Å². The molecule has 0 amide bonds. The molecule has 0 aliphatic heterocycles. The van der Waals surface area contributed by atoms with Crippen molar-refractivity contribution < 1.29 is 0 Å². The van der Waals surface area contributed by atoms with Crippen LogP contribution in [-0.4, -0.2) is 12.9 Å². The Morgan fingerprint density at radius 2 is 2.18 bits per heavy atom. The van der Waals surface area contributed by atoms with Gasteiger partial charge in [0, 0.05) is 18.3 Å². The Bertz CT molecular complexity index is 470. The summed E-state index contributed by atoms with van der Waals surface area (Å²) in [7, 11) is 1.81. The highest BCUT2D eigenvalue weighted by atomic mass is 15.0. The van der Waals surface area contributed by atoms with Gasteiger partial charge in [0.25, 0.3) is 0 Å². The van der Waals surface area contributed by atoms with Crippen LogP contribution in [0.3, 0.4) is 0 Å². The summed E-state index contributed by atoms with van der Waals surface area (Å²) in [5, 5.41) is 3.41. The largest absolute Gasteiger partial charge is 0.344 e. The van der Waals surface area contributed by atoms with Gasteiger partial charge in [-0.05, 0) is 44.2 Å². The van der Waals surface area contributed by atoms with Crippen molar-refractivity contribution in [2.24, 2.45) is 4.99 Å². The zero-order valence-corrected chi connectivity index (χ0v) is 10.9. The average molecular weight is 228 g/mol. The maximum absolute atomic E-state index is 4.18. The van der Waals surface area contributed by atoms with Crippen molar-refractivity contribution in [2.75, 3.05) is 12.4 Å². The first-order valence-corrected chi connectivity index (χ1v) is 6.22. The molecule has 1 aromatic carbocycles. The van der Waals surface area contributed by atoms with Crippen LogP contribution in [0.25, 0.3) is 5.57 Å². The van der Waals surface area contributed by atoms with Gasteiger partial charge in [0.2, 0.25) is 0 Å². The minimum absolute atomic E-state index is 0.958. The van der Waals surface area contributed by atoms with E-state index in [-0.39, 0.29) is 0 Å². The molecule has 90 valence electrons. The Labute approximate surface area is 103 Å². The van der Waals surface area contributed by atoms with Crippen molar-refractivity contribution in [2.45, 2.75) is 33.1 Å². The fourth-order valence-corrected chi connectivity index (χ4v) is 2.25. The minimum atomic E-state index is 0.958. The molecule has 17 heavy (non-hydrogen) atoms. The summed E-state index contributed by atoms with van der Waals surface area (Å²) in [4.78, 5) is 4.18.